The Kier molecular flexibility index (Phi) is 4.54. The molecule has 1 amide bonds. The van der Waals surface area contributed by atoms with E-state index < -0.39 is 5.60 Å². The van der Waals surface area contributed by atoms with E-state index in [4.69, 9.17) is 4.42 Å². The van der Waals surface area contributed by atoms with Crippen LogP contribution >= 0.6 is 11.3 Å². The van der Waals surface area contributed by atoms with Gasteiger partial charge in [-0.15, -0.1) is 10.2 Å². The fourth-order valence-electron chi connectivity index (χ4n) is 2.64. The first-order valence-corrected chi connectivity index (χ1v) is 8.43. The van der Waals surface area contributed by atoms with Gasteiger partial charge in [0.05, 0.1) is 5.60 Å². The number of aliphatic hydroxyl groups is 1. The molecule has 118 valence electrons. The van der Waals surface area contributed by atoms with E-state index in [-0.39, 0.29) is 12.3 Å². The maximum Gasteiger partial charge on any atom is 0.248 e. The third kappa shape index (κ3) is 3.72. The number of nitrogens with zero attached hydrogens (tertiary/aromatic N) is 2. The lowest BCUT2D eigenvalue weighted by atomic mass is 10.0. The van der Waals surface area contributed by atoms with Crippen molar-refractivity contribution in [1.29, 1.82) is 0 Å². The van der Waals surface area contributed by atoms with Crippen LogP contribution in [0, 0.1) is 0 Å². The van der Waals surface area contributed by atoms with Gasteiger partial charge in [-0.1, -0.05) is 12.8 Å². The van der Waals surface area contributed by atoms with Crippen LogP contribution < -0.4 is 5.32 Å². The van der Waals surface area contributed by atoms with Crippen molar-refractivity contribution < 1.29 is 14.3 Å². The number of carbonyl (C=O) groups is 1. The van der Waals surface area contributed by atoms with Crippen molar-refractivity contribution in [3.63, 3.8) is 0 Å². The highest BCUT2D eigenvalue weighted by molar-refractivity contribution is 7.08. The Morgan fingerprint density at radius 3 is 2.95 bits per heavy atom. The van der Waals surface area contributed by atoms with Gasteiger partial charge in [0.1, 0.15) is 0 Å². The molecule has 7 heteroatoms. The third-order valence-corrected chi connectivity index (χ3v) is 4.63. The van der Waals surface area contributed by atoms with Crippen molar-refractivity contribution in [3.8, 4) is 11.5 Å². The molecule has 22 heavy (non-hydrogen) atoms. The SMILES string of the molecule is O=C(CCc1nnc(-c2ccsc2)o1)NCC1(O)CCCC1. The summed E-state index contributed by atoms with van der Waals surface area (Å²) >= 11 is 1.56. The Bertz CT molecular complexity index is 618. The molecular formula is C15H19N3O3S. The molecule has 6 nitrogen and oxygen atoms in total. The Morgan fingerprint density at radius 2 is 2.23 bits per heavy atom. The van der Waals surface area contributed by atoms with Crippen LogP contribution in [0.15, 0.2) is 21.2 Å². The summed E-state index contributed by atoms with van der Waals surface area (Å²) in [6.07, 6.45) is 4.27. The minimum atomic E-state index is -0.716. The Morgan fingerprint density at radius 1 is 1.41 bits per heavy atom. The van der Waals surface area contributed by atoms with Crippen LogP contribution in [0.25, 0.3) is 11.5 Å². The predicted octanol–water partition coefficient (Wildman–Crippen LogP) is 2.15. The standard InChI is InChI=1S/C15H19N3O3S/c19-12(16-10-15(20)6-1-2-7-15)3-4-13-17-18-14(21-13)11-5-8-22-9-11/h5,8-9,20H,1-4,6-7,10H2,(H,16,19). The molecule has 0 saturated heterocycles. The molecule has 0 spiro atoms. The van der Waals surface area contributed by atoms with Gasteiger partial charge in [-0.2, -0.15) is 11.3 Å². The van der Waals surface area contributed by atoms with E-state index in [2.05, 4.69) is 15.5 Å². The van der Waals surface area contributed by atoms with Crippen molar-refractivity contribution in [2.24, 2.45) is 0 Å². The summed E-state index contributed by atoms with van der Waals surface area (Å²) < 4.78 is 5.53. The highest BCUT2D eigenvalue weighted by Gasteiger charge is 2.31. The fraction of sp³-hybridized carbons (Fsp3) is 0.533. The Balaban J connectivity index is 1.45. The normalized spacial score (nSPS) is 16.8. The predicted molar refractivity (Wildman–Crippen MR) is 82.4 cm³/mol. The first-order chi connectivity index (χ1) is 10.6. The van der Waals surface area contributed by atoms with E-state index in [1.165, 1.54) is 0 Å². The zero-order valence-corrected chi connectivity index (χ0v) is 13.1. The van der Waals surface area contributed by atoms with Crippen molar-refractivity contribution >= 4 is 17.2 Å². The molecule has 2 aromatic heterocycles. The molecule has 0 unspecified atom stereocenters. The van der Waals surface area contributed by atoms with Gasteiger partial charge < -0.3 is 14.8 Å². The minimum Gasteiger partial charge on any atom is -0.421 e. The first-order valence-electron chi connectivity index (χ1n) is 7.49. The lowest BCUT2D eigenvalue weighted by Crippen LogP contribution is -2.40. The summed E-state index contributed by atoms with van der Waals surface area (Å²) in [5, 5.41) is 24.8. The lowest BCUT2D eigenvalue weighted by Gasteiger charge is -2.22. The summed E-state index contributed by atoms with van der Waals surface area (Å²) in [5.41, 5.74) is 0.184. The molecule has 0 radical (unpaired) electrons. The molecule has 3 rings (SSSR count). The van der Waals surface area contributed by atoms with Gasteiger partial charge in [-0.25, -0.2) is 0 Å². The lowest BCUT2D eigenvalue weighted by molar-refractivity contribution is -0.122. The molecule has 1 aliphatic carbocycles. The molecule has 1 aliphatic rings. The smallest absolute Gasteiger partial charge is 0.248 e. The quantitative estimate of drug-likeness (QED) is 0.851. The minimum absolute atomic E-state index is 0.101. The summed E-state index contributed by atoms with van der Waals surface area (Å²) in [5.74, 6) is 0.837. The van der Waals surface area contributed by atoms with E-state index in [0.717, 1.165) is 31.2 Å². The van der Waals surface area contributed by atoms with E-state index >= 15 is 0 Å². The molecule has 1 fully saturated rings. The Hall–Kier alpha value is -1.73. The van der Waals surface area contributed by atoms with Gasteiger partial charge in [0, 0.05) is 30.3 Å². The number of thiophene rings is 1. The number of amides is 1. The van der Waals surface area contributed by atoms with Crippen LogP contribution in [0.5, 0.6) is 0 Å². The molecule has 0 atom stereocenters. The second-order valence-electron chi connectivity index (χ2n) is 5.72. The van der Waals surface area contributed by atoms with E-state index in [9.17, 15) is 9.90 Å². The topological polar surface area (TPSA) is 88.2 Å². The van der Waals surface area contributed by atoms with Crippen LogP contribution in [0.3, 0.4) is 0 Å². The number of aromatic nitrogens is 2. The van der Waals surface area contributed by atoms with Crippen molar-refractivity contribution in [1.82, 2.24) is 15.5 Å². The number of hydrogen-bond donors (Lipinski definition) is 2. The van der Waals surface area contributed by atoms with Crippen molar-refractivity contribution in [2.75, 3.05) is 6.54 Å². The second kappa shape index (κ2) is 6.58. The summed E-state index contributed by atoms with van der Waals surface area (Å²) in [6.45, 7) is 0.329. The van der Waals surface area contributed by atoms with Crippen molar-refractivity contribution in [2.45, 2.75) is 44.1 Å². The van der Waals surface area contributed by atoms with Gasteiger partial charge in [0.2, 0.25) is 17.7 Å². The highest BCUT2D eigenvalue weighted by Crippen LogP contribution is 2.28. The monoisotopic (exact) mass is 321 g/mol. The third-order valence-electron chi connectivity index (χ3n) is 3.95. The largest absolute Gasteiger partial charge is 0.421 e. The van der Waals surface area contributed by atoms with Crippen LogP contribution in [-0.4, -0.2) is 33.4 Å². The molecule has 0 aliphatic heterocycles. The van der Waals surface area contributed by atoms with E-state index in [0.29, 0.717) is 24.7 Å². The molecule has 0 aromatic carbocycles. The van der Waals surface area contributed by atoms with Crippen molar-refractivity contribution in [3.05, 3.63) is 22.7 Å². The molecular weight excluding hydrogens is 302 g/mol. The maximum atomic E-state index is 11.8. The first kappa shape index (κ1) is 15.2. The van der Waals surface area contributed by atoms with Gasteiger partial charge in [0.25, 0.3) is 0 Å². The summed E-state index contributed by atoms with van der Waals surface area (Å²) in [4.78, 5) is 11.8. The molecule has 2 aromatic rings. The summed E-state index contributed by atoms with van der Waals surface area (Å²) in [7, 11) is 0. The van der Waals surface area contributed by atoms with E-state index in [1.807, 2.05) is 16.8 Å². The molecule has 2 heterocycles. The fourth-order valence-corrected chi connectivity index (χ4v) is 3.27. The highest BCUT2D eigenvalue weighted by atomic mass is 32.1. The average molecular weight is 321 g/mol. The van der Waals surface area contributed by atoms with Crippen LogP contribution in [0.4, 0.5) is 0 Å². The number of carbonyl (C=O) groups excluding carboxylic acids is 1. The molecule has 1 saturated carbocycles. The Labute approximate surface area is 132 Å². The number of nitrogens with one attached hydrogen (secondary N) is 1. The van der Waals surface area contributed by atoms with Crippen LogP contribution in [0.1, 0.15) is 38.0 Å². The van der Waals surface area contributed by atoms with Crippen LogP contribution in [-0.2, 0) is 11.2 Å². The van der Waals surface area contributed by atoms with Gasteiger partial charge >= 0.3 is 0 Å². The summed E-state index contributed by atoms with van der Waals surface area (Å²) in [6, 6.07) is 1.91. The number of hydrogen-bond acceptors (Lipinski definition) is 6. The molecule has 2 N–H and O–H groups in total. The van der Waals surface area contributed by atoms with Gasteiger partial charge in [-0.3, -0.25) is 4.79 Å². The second-order valence-corrected chi connectivity index (χ2v) is 6.50. The van der Waals surface area contributed by atoms with Gasteiger partial charge in [-0.05, 0) is 24.3 Å². The maximum absolute atomic E-state index is 11.8. The number of rotatable bonds is 6. The van der Waals surface area contributed by atoms with E-state index in [1.54, 1.807) is 11.3 Å². The zero-order valence-electron chi connectivity index (χ0n) is 12.2. The number of aryl methyl sites for hydroxylation is 1. The molecule has 0 bridgehead atoms. The van der Waals surface area contributed by atoms with Gasteiger partial charge in [0.15, 0.2) is 0 Å². The zero-order chi connectivity index (χ0) is 15.4. The average Bonchev–Trinajstić information content (AvgIpc) is 3.24. The van der Waals surface area contributed by atoms with Crippen LogP contribution in [0.2, 0.25) is 0 Å².